The van der Waals surface area contributed by atoms with E-state index in [0.717, 1.165) is 32.2 Å². The van der Waals surface area contributed by atoms with Crippen LogP contribution in [0, 0.1) is 0 Å². The molecule has 0 radical (unpaired) electrons. The number of rotatable bonds is 3. The first-order chi connectivity index (χ1) is 11.6. The number of hydrogen-bond donors (Lipinski definition) is 0. The number of hydrogen-bond acceptors (Lipinski definition) is 4. The van der Waals surface area contributed by atoms with Crippen molar-refractivity contribution in [1.29, 1.82) is 0 Å². The van der Waals surface area contributed by atoms with Crippen molar-refractivity contribution in [2.45, 2.75) is 51.6 Å². The lowest BCUT2D eigenvalue weighted by molar-refractivity contribution is -0.142. The number of amides is 2. The minimum atomic E-state index is -0.0420. The monoisotopic (exact) mass is 336 g/mol. The molecule has 0 N–H and O–H groups in total. The molecule has 2 amide bonds. The summed E-state index contributed by atoms with van der Waals surface area (Å²) < 4.78 is 0. The molecule has 1 unspecified atom stereocenters. The molecule has 3 rings (SSSR count). The highest BCUT2D eigenvalue weighted by atomic mass is 16.2. The lowest BCUT2D eigenvalue weighted by Gasteiger charge is -2.42. The van der Waals surface area contributed by atoms with E-state index >= 15 is 0 Å². The molecule has 0 spiro atoms. The molecule has 24 heavy (non-hydrogen) atoms. The van der Waals surface area contributed by atoms with E-state index in [0.29, 0.717) is 26.2 Å². The molecule has 6 heteroatoms. The normalized spacial score (nSPS) is 25.9. The first-order valence-corrected chi connectivity index (χ1v) is 9.58. The van der Waals surface area contributed by atoms with Gasteiger partial charge in [0.05, 0.1) is 6.04 Å². The molecule has 6 nitrogen and oxygen atoms in total. The summed E-state index contributed by atoms with van der Waals surface area (Å²) in [6.45, 7) is 10.5. The molecule has 0 bridgehead atoms. The zero-order valence-corrected chi connectivity index (χ0v) is 15.2. The van der Waals surface area contributed by atoms with Crippen molar-refractivity contribution in [3.8, 4) is 0 Å². The van der Waals surface area contributed by atoms with E-state index in [1.165, 1.54) is 25.7 Å². The Kier molecular flexibility index (Phi) is 5.76. The molecule has 1 atom stereocenters. The fraction of sp³-hybridized carbons (Fsp3) is 0.889. The summed E-state index contributed by atoms with van der Waals surface area (Å²) >= 11 is 0. The van der Waals surface area contributed by atoms with E-state index < -0.39 is 0 Å². The first-order valence-electron chi connectivity index (χ1n) is 9.58. The lowest BCUT2D eigenvalue weighted by atomic mass is 10.1. The zero-order valence-electron chi connectivity index (χ0n) is 15.2. The van der Waals surface area contributed by atoms with Gasteiger partial charge in [-0.2, -0.15) is 0 Å². The molecule has 2 aliphatic heterocycles. The van der Waals surface area contributed by atoms with Crippen LogP contribution >= 0.6 is 0 Å². The van der Waals surface area contributed by atoms with Gasteiger partial charge in [-0.15, -0.1) is 0 Å². The quantitative estimate of drug-likeness (QED) is 0.758. The summed E-state index contributed by atoms with van der Waals surface area (Å²) in [6.07, 6.45) is 5.47. The van der Waals surface area contributed by atoms with Gasteiger partial charge in [0.25, 0.3) is 0 Å². The van der Waals surface area contributed by atoms with Gasteiger partial charge < -0.3 is 9.80 Å². The Hall–Kier alpha value is -1.14. The van der Waals surface area contributed by atoms with E-state index in [1.54, 1.807) is 6.92 Å². The highest BCUT2D eigenvalue weighted by molar-refractivity contribution is 5.82. The van der Waals surface area contributed by atoms with Gasteiger partial charge in [-0.05, 0) is 19.8 Å². The van der Waals surface area contributed by atoms with Gasteiger partial charge >= 0.3 is 0 Å². The average molecular weight is 336 g/mol. The molecule has 3 aliphatic rings. The van der Waals surface area contributed by atoms with Crippen LogP contribution in [0.25, 0.3) is 0 Å². The maximum absolute atomic E-state index is 12.8. The van der Waals surface area contributed by atoms with E-state index in [-0.39, 0.29) is 17.9 Å². The molecule has 136 valence electrons. The summed E-state index contributed by atoms with van der Waals surface area (Å²) in [5.41, 5.74) is 0. The predicted molar refractivity (Wildman–Crippen MR) is 93.7 cm³/mol. The number of carbonyl (C=O) groups is 2. The third-order valence-corrected chi connectivity index (χ3v) is 6.13. The molecule has 0 aromatic carbocycles. The van der Waals surface area contributed by atoms with Crippen molar-refractivity contribution >= 4 is 11.8 Å². The van der Waals surface area contributed by atoms with Crippen LogP contribution in [0.4, 0.5) is 0 Å². The van der Waals surface area contributed by atoms with Gasteiger partial charge in [-0.3, -0.25) is 19.4 Å². The number of carbonyl (C=O) groups excluding carboxylic acids is 2. The Balaban J connectivity index is 1.45. The fourth-order valence-corrected chi connectivity index (χ4v) is 4.42. The van der Waals surface area contributed by atoms with Crippen LogP contribution in [-0.4, -0.2) is 95.9 Å². The van der Waals surface area contributed by atoms with Crippen molar-refractivity contribution < 1.29 is 9.59 Å². The Bertz CT molecular complexity index is 448. The highest BCUT2D eigenvalue weighted by Gasteiger charge is 2.32. The van der Waals surface area contributed by atoms with Crippen LogP contribution < -0.4 is 0 Å². The van der Waals surface area contributed by atoms with E-state index in [1.807, 2.05) is 16.7 Å². The summed E-state index contributed by atoms with van der Waals surface area (Å²) in [6, 6.07) is 0.748. The third kappa shape index (κ3) is 3.91. The van der Waals surface area contributed by atoms with Crippen molar-refractivity contribution in [1.82, 2.24) is 19.6 Å². The lowest BCUT2D eigenvalue weighted by Crippen LogP contribution is -2.58. The molecule has 2 heterocycles. The van der Waals surface area contributed by atoms with Crippen LogP contribution in [0.5, 0.6) is 0 Å². The highest BCUT2D eigenvalue weighted by Crippen LogP contribution is 2.24. The molecular weight excluding hydrogens is 304 g/mol. The maximum atomic E-state index is 12.8. The van der Waals surface area contributed by atoms with Gasteiger partial charge in [0.15, 0.2) is 0 Å². The number of piperazine rings is 2. The van der Waals surface area contributed by atoms with Crippen LogP contribution in [0.1, 0.15) is 39.5 Å². The summed E-state index contributed by atoms with van der Waals surface area (Å²) in [4.78, 5) is 32.9. The van der Waals surface area contributed by atoms with Crippen molar-refractivity contribution in [3.05, 3.63) is 0 Å². The van der Waals surface area contributed by atoms with Crippen LogP contribution in [-0.2, 0) is 9.59 Å². The topological polar surface area (TPSA) is 47.1 Å². The Morgan fingerprint density at radius 1 is 0.833 bits per heavy atom. The van der Waals surface area contributed by atoms with Crippen LogP contribution in [0.2, 0.25) is 0 Å². The fourth-order valence-electron chi connectivity index (χ4n) is 4.42. The van der Waals surface area contributed by atoms with Crippen molar-refractivity contribution in [2.24, 2.45) is 0 Å². The van der Waals surface area contributed by atoms with Gasteiger partial charge in [0.1, 0.15) is 0 Å². The molecule has 1 aliphatic carbocycles. The van der Waals surface area contributed by atoms with Crippen LogP contribution in [0.3, 0.4) is 0 Å². The van der Waals surface area contributed by atoms with Crippen LogP contribution in [0.15, 0.2) is 0 Å². The molecular formula is C18H32N4O2. The second kappa shape index (κ2) is 7.83. The van der Waals surface area contributed by atoms with E-state index in [9.17, 15) is 9.59 Å². The van der Waals surface area contributed by atoms with Gasteiger partial charge in [-0.1, -0.05) is 12.8 Å². The molecule has 0 aromatic heterocycles. The zero-order chi connectivity index (χ0) is 17.1. The summed E-state index contributed by atoms with van der Waals surface area (Å²) in [7, 11) is 0. The minimum absolute atomic E-state index is 0.0420. The van der Waals surface area contributed by atoms with Crippen molar-refractivity contribution in [3.63, 3.8) is 0 Å². The number of nitrogens with zero attached hydrogens (tertiary/aromatic N) is 4. The second-order valence-electron chi connectivity index (χ2n) is 7.52. The minimum Gasteiger partial charge on any atom is -0.339 e. The maximum Gasteiger partial charge on any atom is 0.239 e. The summed E-state index contributed by atoms with van der Waals surface area (Å²) in [5.74, 6) is 0.339. The predicted octanol–water partition coefficient (Wildman–Crippen LogP) is 0.626. The Morgan fingerprint density at radius 3 is 1.92 bits per heavy atom. The standard InChI is InChI=1S/C18H32N4O2/c1-15(18(24)22-13-9-20(10-14-22)16(2)23)19-7-11-21(12-8-19)17-5-3-4-6-17/h15,17H,3-14H2,1-2H3. The van der Waals surface area contributed by atoms with Gasteiger partial charge in [-0.25, -0.2) is 0 Å². The first kappa shape index (κ1) is 17.7. The molecule has 1 saturated carbocycles. The smallest absolute Gasteiger partial charge is 0.239 e. The van der Waals surface area contributed by atoms with E-state index in [4.69, 9.17) is 0 Å². The largest absolute Gasteiger partial charge is 0.339 e. The molecule has 3 fully saturated rings. The Labute approximate surface area is 145 Å². The Morgan fingerprint density at radius 2 is 1.38 bits per heavy atom. The molecule has 0 aromatic rings. The SMILES string of the molecule is CC(=O)N1CCN(C(=O)C(C)N2CCN(C3CCCC3)CC2)CC1. The molecule has 2 saturated heterocycles. The van der Waals surface area contributed by atoms with Gasteiger partial charge in [0, 0.05) is 65.3 Å². The third-order valence-electron chi connectivity index (χ3n) is 6.13. The van der Waals surface area contributed by atoms with Crippen molar-refractivity contribution in [2.75, 3.05) is 52.4 Å². The van der Waals surface area contributed by atoms with E-state index in [2.05, 4.69) is 9.80 Å². The summed E-state index contributed by atoms with van der Waals surface area (Å²) in [5, 5.41) is 0. The average Bonchev–Trinajstić information content (AvgIpc) is 3.15. The van der Waals surface area contributed by atoms with Gasteiger partial charge in [0.2, 0.25) is 11.8 Å². The second-order valence-corrected chi connectivity index (χ2v) is 7.52.